The Kier molecular flexibility index (Phi) is 3.57. The van der Waals surface area contributed by atoms with E-state index in [9.17, 15) is 0 Å². The number of nitrogens with one attached hydrogen (secondary N) is 1. The topological polar surface area (TPSA) is 38.6 Å². The Hall–Kier alpha value is -1.39. The van der Waals surface area contributed by atoms with Crippen molar-refractivity contribution in [3.05, 3.63) is 36.3 Å². The van der Waals surface area contributed by atoms with E-state index in [0.717, 1.165) is 31.0 Å². The van der Waals surface area contributed by atoms with Crippen LogP contribution in [0, 0.1) is 0 Å². The molecule has 0 radical (unpaired) electrons. The lowest BCUT2D eigenvalue weighted by Crippen LogP contribution is -2.31. The maximum atomic E-state index is 5.69. The lowest BCUT2D eigenvalue weighted by atomic mass is 10.1. The van der Waals surface area contributed by atoms with Crippen molar-refractivity contribution in [3.63, 3.8) is 0 Å². The zero-order valence-electron chi connectivity index (χ0n) is 10.5. The van der Waals surface area contributed by atoms with E-state index in [2.05, 4.69) is 16.5 Å². The Morgan fingerprint density at radius 1 is 1.39 bits per heavy atom. The number of ether oxygens (including phenoxy) is 1. The van der Waals surface area contributed by atoms with Crippen molar-refractivity contribution in [1.82, 2.24) is 14.7 Å². The Bertz CT molecular complexity index is 469. The Balaban J connectivity index is 1.53. The summed E-state index contributed by atoms with van der Waals surface area (Å²) < 4.78 is 7.74. The van der Waals surface area contributed by atoms with Gasteiger partial charge in [0.25, 0.3) is 0 Å². The lowest BCUT2D eigenvalue weighted by molar-refractivity contribution is 0.0167. The van der Waals surface area contributed by atoms with E-state index < -0.39 is 0 Å². The second-order valence-corrected chi connectivity index (χ2v) is 4.82. The molecule has 1 aliphatic heterocycles. The van der Waals surface area contributed by atoms with Crippen molar-refractivity contribution >= 4 is 5.65 Å². The average molecular weight is 245 g/mol. The van der Waals surface area contributed by atoms with Crippen molar-refractivity contribution in [3.8, 4) is 0 Å². The highest BCUT2D eigenvalue weighted by Crippen LogP contribution is 2.11. The minimum atomic E-state index is 0.385. The lowest BCUT2D eigenvalue weighted by Gasteiger charge is -2.22. The smallest absolute Gasteiger partial charge is 0.137 e. The molecule has 0 amide bonds. The first-order valence-electron chi connectivity index (χ1n) is 6.67. The van der Waals surface area contributed by atoms with Gasteiger partial charge in [0, 0.05) is 32.1 Å². The van der Waals surface area contributed by atoms with Gasteiger partial charge in [0.2, 0.25) is 0 Å². The Labute approximate surface area is 107 Å². The van der Waals surface area contributed by atoms with Gasteiger partial charge in [-0.25, -0.2) is 4.98 Å². The first-order valence-corrected chi connectivity index (χ1v) is 6.67. The Morgan fingerprint density at radius 2 is 2.39 bits per heavy atom. The predicted octanol–water partition coefficient (Wildman–Crippen LogP) is 1.99. The molecule has 3 rings (SSSR count). The summed E-state index contributed by atoms with van der Waals surface area (Å²) >= 11 is 0. The third-order valence-electron chi connectivity index (χ3n) is 3.37. The van der Waals surface area contributed by atoms with Crippen LogP contribution in [0.2, 0.25) is 0 Å². The fraction of sp³-hybridized carbons (Fsp3) is 0.500. The third-order valence-corrected chi connectivity index (χ3v) is 3.37. The van der Waals surface area contributed by atoms with Gasteiger partial charge in [-0.2, -0.15) is 0 Å². The maximum Gasteiger partial charge on any atom is 0.137 e. The van der Waals surface area contributed by atoms with Gasteiger partial charge in [-0.15, -0.1) is 0 Å². The van der Waals surface area contributed by atoms with Crippen LogP contribution < -0.4 is 5.32 Å². The molecule has 2 aromatic heterocycles. The summed E-state index contributed by atoms with van der Waals surface area (Å²) in [7, 11) is 0. The number of imidazole rings is 1. The highest BCUT2D eigenvalue weighted by atomic mass is 16.5. The summed E-state index contributed by atoms with van der Waals surface area (Å²) in [6.45, 7) is 2.65. The summed E-state index contributed by atoms with van der Waals surface area (Å²) in [5.41, 5.74) is 2.08. The maximum absolute atomic E-state index is 5.69. The summed E-state index contributed by atoms with van der Waals surface area (Å²) in [6.07, 6.45) is 8.16. The largest absolute Gasteiger partial charge is 0.377 e. The van der Waals surface area contributed by atoms with Crippen LogP contribution in [0.1, 0.15) is 25.0 Å². The van der Waals surface area contributed by atoms with Gasteiger partial charge in [-0.05, 0) is 31.4 Å². The number of pyridine rings is 1. The van der Waals surface area contributed by atoms with Crippen molar-refractivity contribution in [1.29, 1.82) is 0 Å². The van der Waals surface area contributed by atoms with Crippen molar-refractivity contribution < 1.29 is 4.74 Å². The number of aromatic nitrogens is 2. The molecule has 4 nitrogen and oxygen atoms in total. The molecule has 96 valence electrons. The number of hydrogen-bond acceptors (Lipinski definition) is 3. The van der Waals surface area contributed by atoms with Crippen LogP contribution in [0.15, 0.2) is 30.6 Å². The standard InChI is InChI=1S/C14H19N3O/c1-3-7-17-11-12(16-14(17)6-1)9-15-10-13-5-2-4-8-18-13/h1,3,6-7,11,13,15H,2,4-5,8-10H2. The van der Waals surface area contributed by atoms with Gasteiger partial charge in [-0.3, -0.25) is 0 Å². The second kappa shape index (κ2) is 5.50. The number of rotatable bonds is 4. The SMILES string of the molecule is c1ccn2cc(CNCC3CCCCO3)nc2c1. The molecule has 18 heavy (non-hydrogen) atoms. The first kappa shape index (κ1) is 11.7. The number of fused-ring (bicyclic) bond motifs is 1. The van der Waals surface area contributed by atoms with Crippen LogP contribution >= 0.6 is 0 Å². The monoisotopic (exact) mass is 245 g/mol. The summed E-state index contributed by atoms with van der Waals surface area (Å²) in [5.74, 6) is 0. The minimum absolute atomic E-state index is 0.385. The van der Waals surface area contributed by atoms with Crippen LogP contribution in [-0.4, -0.2) is 28.6 Å². The molecule has 0 bridgehead atoms. The second-order valence-electron chi connectivity index (χ2n) is 4.82. The molecule has 0 saturated carbocycles. The van der Waals surface area contributed by atoms with Gasteiger partial charge >= 0.3 is 0 Å². The third kappa shape index (κ3) is 2.71. The van der Waals surface area contributed by atoms with E-state index in [0.29, 0.717) is 6.10 Å². The molecule has 1 fully saturated rings. The number of nitrogens with zero attached hydrogens (tertiary/aromatic N) is 2. The molecule has 0 spiro atoms. The van der Waals surface area contributed by atoms with Gasteiger partial charge in [0.05, 0.1) is 11.8 Å². The van der Waals surface area contributed by atoms with Crippen LogP contribution in [-0.2, 0) is 11.3 Å². The zero-order valence-corrected chi connectivity index (χ0v) is 10.5. The molecule has 0 aliphatic carbocycles. The molecular weight excluding hydrogens is 226 g/mol. The van der Waals surface area contributed by atoms with Crippen LogP contribution in [0.5, 0.6) is 0 Å². The predicted molar refractivity (Wildman–Crippen MR) is 70.5 cm³/mol. The highest BCUT2D eigenvalue weighted by molar-refractivity contribution is 5.39. The fourth-order valence-electron chi connectivity index (χ4n) is 2.40. The average Bonchev–Trinajstić information content (AvgIpc) is 2.82. The molecule has 1 N–H and O–H groups in total. The minimum Gasteiger partial charge on any atom is -0.377 e. The van der Waals surface area contributed by atoms with E-state index in [1.165, 1.54) is 19.3 Å². The fourth-order valence-corrected chi connectivity index (χ4v) is 2.40. The first-order chi connectivity index (χ1) is 8.92. The molecule has 3 heterocycles. The van der Waals surface area contributed by atoms with Crippen molar-refractivity contribution in [2.45, 2.75) is 31.9 Å². The van der Waals surface area contributed by atoms with Crippen molar-refractivity contribution in [2.75, 3.05) is 13.2 Å². The van der Waals surface area contributed by atoms with Crippen LogP contribution in [0.25, 0.3) is 5.65 Å². The van der Waals surface area contributed by atoms with E-state index in [1.54, 1.807) is 0 Å². The molecule has 1 atom stereocenters. The van der Waals surface area contributed by atoms with Gasteiger partial charge in [0.1, 0.15) is 5.65 Å². The van der Waals surface area contributed by atoms with Gasteiger partial charge < -0.3 is 14.5 Å². The molecular formula is C14H19N3O. The van der Waals surface area contributed by atoms with E-state index in [4.69, 9.17) is 4.74 Å². The quantitative estimate of drug-likeness (QED) is 0.895. The van der Waals surface area contributed by atoms with Gasteiger partial charge in [0.15, 0.2) is 0 Å². The van der Waals surface area contributed by atoms with E-state index >= 15 is 0 Å². The van der Waals surface area contributed by atoms with Crippen molar-refractivity contribution in [2.24, 2.45) is 0 Å². The Morgan fingerprint density at radius 3 is 3.22 bits per heavy atom. The van der Waals surface area contributed by atoms with Crippen LogP contribution in [0.4, 0.5) is 0 Å². The van der Waals surface area contributed by atoms with E-state index in [1.807, 2.05) is 28.8 Å². The van der Waals surface area contributed by atoms with E-state index in [-0.39, 0.29) is 0 Å². The molecule has 0 aromatic carbocycles. The summed E-state index contributed by atoms with van der Waals surface area (Å²) in [6, 6.07) is 6.05. The summed E-state index contributed by atoms with van der Waals surface area (Å²) in [4.78, 5) is 4.56. The normalized spacial score (nSPS) is 20.3. The molecule has 1 unspecified atom stereocenters. The van der Waals surface area contributed by atoms with Gasteiger partial charge in [-0.1, -0.05) is 6.07 Å². The molecule has 1 saturated heterocycles. The molecule has 2 aromatic rings. The summed E-state index contributed by atoms with van der Waals surface area (Å²) in [5, 5.41) is 3.43. The van der Waals surface area contributed by atoms with Crippen LogP contribution in [0.3, 0.4) is 0 Å². The zero-order chi connectivity index (χ0) is 12.2. The molecule has 1 aliphatic rings. The molecule has 4 heteroatoms. The highest BCUT2D eigenvalue weighted by Gasteiger charge is 2.13. The number of hydrogen-bond donors (Lipinski definition) is 1.